The molecule has 1 aliphatic rings. The van der Waals surface area contributed by atoms with Crippen LogP contribution in [0.15, 0.2) is 0 Å². The lowest BCUT2D eigenvalue weighted by molar-refractivity contribution is -0.150. The molecule has 0 aliphatic carbocycles. The zero-order valence-corrected chi connectivity index (χ0v) is 12.8. The maximum absolute atomic E-state index is 12.0. The minimum absolute atomic E-state index is 0.0726. The number of urea groups is 1. The Hall–Kier alpha value is -0.910. The normalized spacial score (nSPS) is 19.8. The molecule has 1 atom stereocenters. The summed E-state index contributed by atoms with van der Waals surface area (Å²) in [7, 11) is 0. The molecule has 1 saturated heterocycles. The van der Waals surface area contributed by atoms with Gasteiger partial charge in [-0.05, 0) is 32.4 Å². The summed E-state index contributed by atoms with van der Waals surface area (Å²) in [5, 5.41) is 12.1. The van der Waals surface area contributed by atoms with Gasteiger partial charge in [0.15, 0.2) is 0 Å². The Morgan fingerprint density at radius 3 is 2.47 bits per heavy atom. The van der Waals surface area contributed by atoms with Gasteiger partial charge in [-0.2, -0.15) is 11.8 Å². The first-order chi connectivity index (χ1) is 8.89. The minimum atomic E-state index is -0.764. The van der Waals surface area contributed by atoms with E-state index in [2.05, 4.69) is 12.2 Å². The predicted octanol–water partition coefficient (Wildman–Crippen LogP) is 2.02. The Morgan fingerprint density at radius 2 is 2.00 bits per heavy atom. The van der Waals surface area contributed by atoms with Crippen LogP contribution < -0.4 is 5.32 Å². The predicted molar refractivity (Wildman–Crippen MR) is 77.5 cm³/mol. The maximum atomic E-state index is 12.0. The van der Waals surface area contributed by atoms with E-state index in [9.17, 15) is 9.59 Å². The molecule has 1 unspecified atom stereocenters. The summed E-state index contributed by atoms with van der Waals surface area (Å²) >= 11 is 1.80. The maximum Gasteiger partial charge on any atom is 0.317 e. The van der Waals surface area contributed by atoms with Crippen LogP contribution in [0.1, 0.15) is 33.6 Å². The zero-order chi connectivity index (χ0) is 14.5. The second kappa shape index (κ2) is 7.03. The van der Waals surface area contributed by atoms with E-state index in [0.29, 0.717) is 25.9 Å². The standard InChI is InChI=1S/C13H24N2O3S/c1-4-19-9-10(2)14-12(18)15-7-5-13(3,6-8-15)11(16)17/h10H,4-9H2,1-3H3,(H,14,18)(H,16,17). The molecule has 0 aromatic carbocycles. The number of thioether (sulfide) groups is 1. The van der Waals surface area contributed by atoms with Gasteiger partial charge in [0.05, 0.1) is 5.41 Å². The van der Waals surface area contributed by atoms with Crippen LogP contribution in [0.3, 0.4) is 0 Å². The van der Waals surface area contributed by atoms with Crippen molar-refractivity contribution in [1.82, 2.24) is 10.2 Å². The summed E-state index contributed by atoms with van der Waals surface area (Å²) in [5.74, 6) is 1.18. The third-order valence-corrected chi connectivity index (χ3v) is 4.76. The molecular weight excluding hydrogens is 264 g/mol. The van der Waals surface area contributed by atoms with Crippen molar-refractivity contribution >= 4 is 23.8 Å². The van der Waals surface area contributed by atoms with Crippen molar-refractivity contribution in [3.05, 3.63) is 0 Å². The van der Waals surface area contributed by atoms with Gasteiger partial charge in [-0.15, -0.1) is 0 Å². The number of likely N-dealkylation sites (tertiary alicyclic amines) is 1. The molecule has 1 aliphatic heterocycles. The zero-order valence-electron chi connectivity index (χ0n) is 11.9. The molecule has 19 heavy (non-hydrogen) atoms. The number of carbonyl (C=O) groups excluding carboxylic acids is 1. The van der Waals surface area contributed by atoms with Gasteiger partial charge in [0, 0.05) is 24.9 Å². The first-order valence-corrected chi connectivity index (χ1v) is 7.91. The van der Waals surface area contributed by atoms with Gasteiger partial charge in [-0.25, -0.2) is 4.79 Å². The Kier molecular flexibility index (Phi) is 5.97. The molecule has 5 nitrogen and oxygen atoms in total. The summed E-state index contributed by atoms with van der Waals surface area (Å²) in [5.41, 5.74) is -0.680. The first kappa shape index (κ1) is 16.1. The average Bonchev–Trinajstić information content (AvgIpc) is 2.36. The lowest BCUT2D eigenvalue weighted by Gasteiger charge is -2.36. The topological polar surface area (TPSA) is 69.6 Å². The monoisotopic (exact) mass is 288 g/mol. The number of aliphatic carboxylic acids is 1. The molecule has 6 heteroatoms. The van der Waals surface area contributed by atoms with Gasteiger partial charge in [-0.1, -0.05) is 6.92 Å². The van der Waals surface area contributed by atoms with Crippen LogP contribution in [-0.2, 0) is 4.79 Å². The van der Waals surface area contributed by atoms with Crippen molar-refractivity contribution in [2.24, 2.45) is 5.41 Å². The van der Waals surface area contributed by atoms with Crippen molar-refractivity contribution in [2.45, 2.75) is 39.7 Å². The van der Waals surface area contributed by atoms with E-state index in [-0.39, 0.29) is 12.1 Å². The number of hydrogen-bond donors (Lipinski definition) is 2. The number of amides is 2. The van der Waals surface area contributed by atoms with E-state index in [1.807, 2.05) is 6.92 Å². The minimum Gasteiger partial charge on any atom is -0.481 e. The molecule has 0 aromatic rings. The lowest BCUT2D eigenvalue weighted by Crippen LogP contribution is -2.50. The highest BCUT2D eigenvalue weighted by molar-refractivity contribution is 7.99. The number of hydrogen-bond acceptors (Lipinski definition) is 3. The third kappa shape index (κ3) is 4.60. The largest absolute Gasteiger partial charge is 0.481 e. The van der Waals surface area contributed by atoms with Gasteiger partial charge in [0.2, 0.25) is 0 Å². The number of carboxylic acids is 1. The Balaban J connectivity index is 2.38. The average molecular weight is 288 g/mol. The molecule has 110 valence electrons. The van der Waals surface area contributed by atoms with Crippen LogP contribution in [-0.4, -0.2) is 52.6 Å². The molecular formula is C13H24N2O3S. The summed E-state index contributed by atoms with van der Waals surface area (Å²) < 4.78 is 0. The molecule has 2 N–H and O–H groups in total. The van der Waals surface area contributed by atoms with Crippen molar-refractivity contribution in [1.29, 1.82) is 0 Å². The number of nitrogens with one attached hydrogen (secondary N) is 1. The Labute approximate surface area is 119 Å². The highest BCUT2D eigenvalue weighted by Crippen LogP contribution is 2.30. The number of carboxylic acid groups (broad SMARTS) is 1. The van der Waals surface area contributed by atoms with E-state index >= 15 is 0 Å². The van der Waals surface area contributed by atoms with Crippen LogP contribution in [0.5, 0.6) is 0 Å². The van der Waals surface area contributed by atoms with Crippen molar-refractivity contribution in [2.75, 3.05) is 24.6 Å². The van der Waals surface area contributed by atoms with Crippen LogP contribution in [0.2, 0.25) is 0 Å². The fraction of sp³-hybridized carbons (Fsp3) is 0.846. The van der Waals surface area contributed by atoms with Crippen LogP contribution in [0.25, 0.3) is 0 Å². The SMILES string of the molecule is CCSCC(C)NC(=O)N1CCC(C)(C(=O)O)CC1. The molecule has 1 fully saturated rings. The third-order valence-electron chi connectivity index (χ3n) is 3.61. The number of piperidine rings is 1. The molecule has 0 spiro atoms. The molecule has 0 radical (unpaired) electrons. The summed E-state index contributed by atoms with van der Waals surface area (Å²) in [6.45, 7) is 6.87. The summed E-state index contributed by atoms with van der Waals surface area (Å²) in [6.07, 6.45) is 1.04. The smallest absolute Gasteiger partial charge is 0.317 e. The number of nitrogens with zero attached hydrogens (tertiary/aromatic N) is 1. The molecule has 0 saturated carbocycles. The van der Waals surface area contributed by atoms with Crippen molar-refractivity contribution in [3.63, 3.8) is 0 Å². The van der Waals surface area contributed by atoms with Gasteiger partial charge in [0.25, 0.3) is 0 Å². The van der Waals surface area contributed by atoms with E-state index < -0.39 is 11.4 Å². The fourth-order valence-corrected chi connectivity index (χ4v) is 2.73. The first-order valence-electron chi connectivity index (χ1n) is 6.75. The second-order valence-corrected chi connectivity index (χ2v) is 6.68. The highest BCUT2D eigenvalue weighted by Gasteiger charge is 2.38. The van der Waals surface area contributed by atoms with E-state index in [1.165, 1.54) is 0 Å². The molecule has 2 amide bonds. The van der Waals surface area contributed by atoms with E-state index in [1.54, 1.807) is 23.6 Å². The lowest BCUT2D eigenvalue weighted by atomic mass is 9.80. The van der Waals surface area contributed by atoms with Crippen LogP contribution >= 0.6 is 11.8 Å². The van der Waals surface area contributed by atoms with Gasteiger partial charge in [-0.3, -0.25) is 4.79 Å². The van der Waals surface area contributed by atoms with Crippen molar-refractivity contribution < 1.29 is 14.7 Å². The highest BCUT2D eigenvalue weighted by atomic mass is 32.2. The summed E-state index contributed by atoms with van der Waals surface area (Å²) in [6, 6.07) is 0.0712. The van der Waals surface area contributed by atoms with Gasteiger partial charge >= 0.3 is 12.0 Å². The number of carbonyl (C=O) groups is 2. The fourth-order valence-electron chi connectivity index (χ4n) is 2.06. The molecule has 1 rings (SSSR count). The van der Waals surface area contributed by atoms with Crippen molar-refractivity contribution in [3.8, 4) is 0 Å². The van der Waals surface area contributed by atoms with Crippen LogP contribution in [0.4, 0.5) is 4.79 Å². The van der Waals surface area contributed by atoms with E-state index in [4.69, 9.17) is 5.11 Å². The van der Waals surface area contributed by atoms with E-state index in [0.717, 1.165) is 11.5 Å². The summed E-state index contributed by atoms with van der Waals surface area (Å²) in [4.78, 5) is 24.9. The quantitative estimate of drug-likeness (QED) is 0.812. The van der Waals surface area contributed by atoms with Gasteiger partial charge in [0.1, 0.15) is 0 Å². The Bertz CT molecular complexity index is 328. The van der Waals surface area contributed by atoms with Gasteiger partial charge < -0.3 is 15.3 Å². The molecule has 0 bridgehead atoms. The van der Waals surface area contributed by atoms with Crippen LogP contribution in [0, 0.1) is 5.41 Å². The molecule has 1 heterocycles. The number of rotatable bonds is 5. The second-order valence-electron chi connectivity index (χ2n) is 5.36. The Morgan fingerprint density at radius 1 is 1.42 bits per heavy atom. The molecule has 0 aromatic heterocycles.